The molecule has 1 amide bonds. The van der Waals surface area contributed by atoms with Crippen LogP contribution in [-0.4, -0.2) is 44.2 Å². The number of ketones is 1. The first-order valence-electron chi connectivity index (χ1n) is 8.52. The first-order valence-corrected chi connectivity index (χ1v) is 8.89. The minimum Gasteiger partial charge on any atom is -0.380 e. The van der Waals surface area contributed by atoms with E-state index in [2.05, 4.69) is 4.98 Å². The normalized spacial score (nSPS) is 19.3. The second kappa shape index (κ2) is 7.18. The van der Waals surface area contributed by atoms with Crippen molar-refractivity contribution in [1.82, 2.24) is 14.8 Å². The maximum atomic E-state index is 14.2. The number of amides is 1. The standard InChI is InChI=1S/C20H15ClFN3O3/c21-14-5-3-4-12(18(14)22)8-25-10-16-20(28)19(27)13(9-24(16)11-17(25)26)15-6-1-2-7-23-15/h1-7,9-10,19,27H,8,11H2. The zero-order valence-electron chi connectivity index (χ0n) is 14.5. The van der Waals surface area contributed by atoms with Gasteiger partial charge >= 0.3 is 0 Å². The lowest BCUT2D eigenvalue weighted by molar-refractivity contribution is -0.132. The number of aromatic nitrogens is 1. The van der Waals surface area contributed by atoms with Gasteiger partial charge < -0.3 is 14.9 Å². The largest absolute Gasteiger partial charge is 0.380 e. The maximum absolute atomic E-state index is 14.2. The number of hydrogen-bond acceptors (Lipinski definition) is 5. The molecule has 1 unspecified atom stereocenters. The van der Waals surface area contributed by atoms with Crippen molar-refractivity contribution in [3.63, 3.8) is 0 Å². The molecule has 0 saturated heterocycles. The Hall–Kier alpha value is -3.03. The van der Waals surface area contributed by atoms with E-state index in [1.165, 1.54) is 28.1 Å². The SMILES string of the molecule is O=C1C2=CN(Cc3cccc(Cl)c3F)C(=O)CN2C=C(c2ccccn2)C1O. The van der Waals surface area contributed by atoms with Crippen molar-refractivity contribution in [3.05, 3.63) is 82.8 Å². The van der Waals surface area contributed by atoms with Crippen LogP contribution in [0.1, 0.15) is 11.3 Å². The molecule has 2 aliphatic rings. The van der Waals surface area contributed by atoms with Crippen LogP contribution in [0.4, 0.5) is 4.39 Å². The number of aliphatic hydroxyl groups is 1. The molecular formula is C20H15ClFN3O3. The fourth-order valence-electron chi connectivity index (χ4n) is 3.18. The summed E-state index contributed by atoms with van der Waals surface area (Å²) in [5.41, 5.74) is 1.18. The second-order valence-corrected chi connectivity index (χ2v) is 6.85. The van der Waals surface area contributed by atoms with Gasteiger partial charge in [0.05, 0.1) is 17.3 Å². The van der Waals surface area contributed by atoms with Crippen LogP contribution in [0.25, 0.3) is 5.57 Å². The highest BCUT2D eigenvalue weighted by Crippen LogP contribution is 2.30. The summed E-state index contributed by atoms with van der Waals surface area (Å²) in [6.07, 6.45) is 3.05. The molecule has 1 aromatic heterocycles. The summed E-state index contributed by atoms with van der Waals surface area (Å²) < 4.78 is 14.2. The van der Waals surface area contributed by atoms with E-state index in [4.69, 9.17) is 11.6 Å². The van der Waals surface area contributed by atoms with Crippen LogP contribution in [0.15, 0.2) is 60.7 Å². The molecule has 0 aliphatic carbocycles. The molecule has 8 heteroatoms. The topological polar surface area (TPSA) is 73.7 Å². The number of nitrogens with zero attached hydrogens (tertiary/aromatic N) is 3. The maximum Gasteiger partial charge on any atom is 0.246 e. The van der Waals surface area contributed by atoms with Gasteiger partial charge in [-0.05, 0) is 18.2 Å². The molecule has 142 valence electrons. The lowest BCUT2D eigenvalue weighted by Crippen LogP contribution is -2.47. The number of halogens is 2. The fraction of sp³-hybridized carbons (Fsp3) is 0.150. The molecule has 3 heterocycles. The zero-order valence-corrected chi connectivity index (χ0v) is 15.3. The molecule has 0 bridgehead atoms. The van der Waals surface area contributed by atoms with Gasteiger partial charge in [0, 0.05) is 29.7 Å². The first kappa shape index (κ1) is 18.3. The molecule has 1 N–H and O–H groups in total. The van der Waals surface area contributed by atoms with Gasteiger partial charge in [0.2, 0.25) is 11.7 Å². The molecule has 4 rings (SSSR count). The minimum atomic E-state index is -1.39. The Labute approximate surface area is 165 Å². The molecule has 0 saturated carbocycles. The number of Topliss-reactive ketones (excluding diaryl/α,β-unsaturated/α-hetero) is 1. The molecule has 2 aliphatic heterocycles. The summed E-state index contributed by atoms with van der Waals surface area (Å²) in [6, 6.07) is 9.68. The highest BCUT2D eigenvalue weighted by atomic mass is 35.5. The molecular weight excluding hydrogens is 385 g/mol. The van der Waals surface area contributed by atoms with Crippen molar-refractivity contribution in [2.45, 2.75) is 12.6 Å². The van der Waals surface area contributed by atoms with Crippen molar-refractivity contribution in [2.75, 3.05) is 6.54 Å². The Bertz CT molecular complexity index is 1020. The van der Waals surface area contributed by atoms with Gasteiger partial charge in [-0.2, -0.15) is 0 Å². The highest BCUT2D eigenvalue weighted by Gasteiger charge is 2.37. The number of carbonyl (C=O) groups is 2. The molecule has 0 radical (unpaired) electrons. The molecule has 6 nitrogen and oxygen atoms in total. The van der Waals surface area contributed by atoms with E-state index < -0.39 is 17.7 Å². The fourth-order valence-corrected chi connectivity index (χ4v) is 3.38. The lowest BCUT2D eigenvalue weighted by Gasteiger charge is -2.36. The summed E-state index contributed by atoms with van der Waals surface area (Å²) in [5, 5.41) is 10.4. The van der Waals surface area contributed by atoms with Crippen molar-refractivity contribution in [1.29, 1.82) is 0 Å². The number of hydrogen-bond donors (Lipinski definition) is 1. The smallest absolute Gasteiger partial charge is 0.246 e. The number of aliphatic hydroxyl groups excluding tert-OH is 1. The quantitative estimate of drug-likeness (QED) is 0.857. The Balaban J connectivity index is 1.67. The van der Waals surface area contributed by atoms with Gasteiger partial charge in [-0.25, -0.2) is 4.39 Å². The zero-order chi connectivity index (χ0) is 19.8. The van der Waals surface area contributed by atoms with E-state index >= 15 is 0 Å². The highest BCUT2D eigenvalue weighted by molar-refractivity contribution is 6.30. The lowest BCUT2D eigenvalue weighted by atomic mass is 9.96. The van der Waals surface area contributed by atoms with E-state index in [0.29, 0.717) is 11.3 Å². The molecule has 2 aromatic rings. The van der Waals surface area contributed by atoms with Gasteiger partial charge in [-0.3, -0.25) is 14.6 Å². The summed E-state index contributed by atoms with van der Waals surface area (Å²) in [7, 11) is 0. The Morgan fingerprint density at radius 2 is 2.00 bits per heavy atom. The number of rotatable bonds is 3. The molecule has 28 heavy (non-hydrogen) atoms. The van der Waals surface area contributed by atoms with Gasteiger partial charge in [0.25, 0.3) is 0 Å². The van der Waals surface area contributed by atoms with E-state index in [9.17, 15) is 19.1 Å². The monoisotopic (exact) mass is 399 g/mol. The Morgan fingerprint density at radius 1 is 1.18 bits per heavy atom. The van der Waals surface area contributed by atoms with Crippen molar-refractivity contribution in [2.24, 2.45) is 0 Å². The van der Waals surface area contributed by atoms with Crippen LogP contribution >= 0.6 is 11.6 Å². The van der Waals surface area contributed by atoms with E-state index in [-0.39, 0.29) is 35.3 Å². The third-order valence-electron chi connectivity index (χ3n) is 4.64. The molecule has 0 spiro atoms. The average molecular weight is 400 g/mol. The Kier molecular flexibility index (Phi) is 4.70. The van der Waals surface area contributed by atoms with E-state index in [1.807, 2.05) is 0 Å². The van der Waals surface area contributed by atoms with Gasteiger partial charge in [0.15, 0.2) is 0 Å². The van der Waals surface area contributed by atoms with Crippen molar-refractivity contribution >= 4 is 28.9 Å². The van der Waals surface area contributed by atoms with E-state index in [0.717, 1.165) is 0 Å². The number of pyridine rings is 1. The van der Waals surface area contributed by atoms with Gasteiger partial charge in [-0.15, -0.1) is 0 Å². The van der Waals surface area contributed by atoms with E-state index in [1.54, 1.807) is 36.7 Å². The number of carbonyl (C=O) groups excluding carboxylic acids is 2. The summed E-state index contributed by atoms with van der Waals surface area (Å²) in [5.74, 6) is -1.47. The number of fused-ring (bicyclic) bond motifs is 1. The molecule has 0 fully saturated rings. The van der Waals surface area contributed by atoms with Crippen LogP contribution < -0.4 is 0 Å². The summed E-state index contributed by atoms with van der Waals surface area (Å²) in [6.45, 7) is -0.175. The Morgan fingerprint density at radius 3 is 2.75 bits per heavy atom. The van der Waals surface area contributed by atoms with Crippen LogP contribution in [-0.2, 0) is 16.1 Å². The average Bonchev–Trinajstić information content (AvgIpc) is 2.70. The summed E-state index contributed by atoms with van der Waals surface area (Å²) >= 11 is 5.79. The third kappa shape index (κ3) is 3.19. The van der Waals surface area contributed by atoms with Gasteiger partial charge in [-0.1, -0.05) is 29.8 Å². The van der Waals surface area contributed by atoms with Crippen molar-refractivity contribution in [3.8, 4) is 0 Å². The van der Waals surface area contributed by atoms with Crippen LogP contribution in [0, 0.1) is 5.82 Å². The predicted octanol–water partition coefficient (Wildman–Crippen LogP) is 2.34. The molecule has 1 atom stereocenters. The predicted molar refractivity (Wildman–Crippen MR) is 100.0 cm³/mol. The van der Waals surface area contributed by atoms with Crippen molar-refractivity contribution < 1.29 is 19.1 Å². The minimum absolute atomic E-state index is 0.0386. The van der Waals surface area contributed by atoms with Crippen LogP contribution in [0.3, 0.4) is 0 Å². The third-order valence-corrected chi connectivity index (χ3v) is 4.93. The first-order chi connectivity index (χ1) is 13.5. The van der Waals surface area contributed by atoms with Crippen LogP contribution in [0.2, 0.25) is 5.02 Å². The number of benzene rings is 1. The van der Waals surface area contributed by atoms with Gasteiger partial charge in [0.1, 0.15) is 24.2 Å². The van der Waals surface area contributed by atoms with Crippen LogP contribution in [0.5, 0.6) is 0 Å². The second-order valence-electron chi connectivity index (χ2n) is 6.44. The molecule has 1 aromatic carbocycles. The summed E-state index contributed by atoms with van der Waals surface area (Å²) in [4.78, 5) is 32.1.